The molecule has 170 valence electrons. The highest BCUT2D eigenvalue weighted by molar-refractivity contribution is 5.25. The first-order valence-corrected chi connectivity index (χ1v) is 12.1. The Balaban J connectivity index is 1.29. The SMILES string of the molecule is C[C@]12CCC/C(=C\C=C3\CCC[C@H](O)C3)C1CC[C@@H]2CCN1CC(OCC(F)F)C1. The molecule has 0 aromatic rings. The molecule has 4 aliphatic rings. The van der Waals surface area contributed by atoms with E-state index in [9.17, 15) is 13.9 Å². The van der Waals surface area contributed by atoms with Crippen LogP contribution in [0.5, 0.6) is 0 Å². The summed E-state index contributed by atoms with van der Waals surface area (Å²) in [6, 6.07) is 0. The summed E-state index contributed by atoms with van der Waals surface area (Å²) in [6.45, 7) is 4.78. The van der Waals surface area contributed by atoms with Crippen LogP contribution >= 0.6 is 0 Å². The van der Waals surface area contributed by atoms with Gasteiger partial charge < -0.3 is 9.84 Å². The van der Waals surface area contributed by atoms with E-state index in [0.29, 0.717) is 11.3 Å². The molecule has 0 radical (unpaired) electrons. The Morgan fingerprint density at radius 1 is 1.17 bits per heavy atom. The Hall–Kier alpha value is -0.780. The minimum Gasteiger partial charge on any atom is -0.393 e. The fraction of sp³-hybridized carbons (Fsp3) is 0.840. The summed E-state index contributed by atoms with van der Waals surface area (Å²) in [5.41, 5.74) is 3.47. The van der Waals surface area contributed by atoms with Gasteiger partial charge in [-0.3, -0.25) is 4.90 Å². The number of hydrogen-bond acceptors (Lipinski definition) is 3. The topological polar surface area (TPSA) is 32.7 Å². The summed E-state index contributed by atoms with van der Waals surface area (Å²) in [6.07, 6.45) is 14.0. The molecule has 4 fully saturated rings. The van der Waals surface area contributed by atoms with Gasteiger partial charge in [0.15, 0.2) is 0 Å². The second kappa shape index (κ2) is 9.79. The van der Waals surface area contributed by atoms with E-state index in [4.69, 9.17) is 4.74 Å². The first-order valence-electron chi connectivity index (χ1n) is 12.1. The van der Waals surface area contributed by atoms with Crippen molar-refractivity contribution in [2.45, 2.75) is 89.8 Å². The predicted octanol–water partition coefficient (Wildman–Crippen LogP) is 5.35. The molecule has 5 heteroatoms. The smallest absolute Gasteiger partial charge is 0.261 e. The molecule has 1 saturated heterocycles. The van der Waals surface area contributed by atoms with Crippen LogP contribution in [0.15, 0.2) is 23.3 Å². The van der Waals surface area contributed by atoms with E-state index < -0.39 is 13.0 Å². The van der Waals surface area contributed by atoms with Gasteiger partial charge in [0, 0.05) is 13.1 Å². The summed E-state index contributed by atoms with van der Waals surface area (Å²) in [4.78, 5) is 2.37. The maximum absolute atomic E-state index is 12.3. The highest BCUT2D eigenvalue weighted by atomic mass is 19.3. The van der Waals surface area contributed by atoms with Crippen molar-refractivity contribution in [2.24, 2.45) is 17.3 Å². The molecule has 1 N–H and O–H groups in total. The number of allylic oxidation sites excluding steroid dienone is 3. The highest BCUT2D eigenvalue weighted by Gasteiger charge is 2.49. The van der Waals surface area contributed by atoms with Gasteiger partial charge in [-0.1, -0.05) is 30.2 Å². The van der Waals surface area contributed by atoms with Crippen LogP contribution in [0.2, 0.25) is 0 Å². The number of nitrogens with zero attached hydrogens (tertiary/aromatic N) is 1. The zero-order valence-corrected chi connectivity index (χ0v) is 18.5. The lowest BCUT2D eigenvalue weighted by Crippen LogP contribution is -2.53. The first-order chi connectivity index (χ1) is 14.4. The minimum atomic E-state index is -2.36. The van der Waals surface area contributed by atoms with Crippen LogP contribution in [0.25, 0.3) is 0 Å². The zero-order valence-electron chi connectivity index (χ0n) is 18.5. The van der Waals surface area contributed by atoms with E-state index in [1.165, 1.54) is 44.1 Å². The second-order valence-electron chi connectivity index (χ2n) is 10.4. The van der Waals surface area contributed by atoms with Crippen LogP contribution in [0.4, 0.5) is 8.78 Å². The quantitative estimate of drug-likeness (QED) is 0.599. The molecule has 3 aliphatic carbocycles. The van der Waals surface area contributed by atoms with E-state index in [-0.39, 0.29) is 12.2 Å². The van der Waals surface area contributed by atoms with Gasteiger partial charge in [-0.05, 0) is 88.0 Å². The molecule has 0 aromatic heterocycles. The van der Waals surface area contributed by atoms with Gasteiger partial charge in [-0.25, -0.2) is 8.78 Å². The fourth-order valence-electron chi connectivity index (χ4n) is 6.63. The van der Waals surface area contributed by atoms with Crippen molar-refractivity contribution in [3.8, 4) is 0 Å². The summed E-state index contributed by atoms with van der Waals surface area (Å²) in [5.74, 6) is 1.47. The Bertz CT molecular complexity index is 643. The number of hydrogen-bond donors (Lipinski definition) is 1. The van der Waals surface area contributed by atoms with Gasteiger partial charge in [0.2, 0.25) is 0 Å². The molecule has 3 saturated carbocycles. The molecule has 0 aromatic carbocycles. The molecule has 30 heavy (non-hydrogen) atoms. The summed E-state index contributed by atoms with van der Waals surface area (Å²) < 4.78 is 29.7. The lowest BCUT2D eigenvalue weighted by atomic mass is 9.63. The molecule has 4 atom stereocenters. The van der Waals surface area contributed by atoms with Crippen molar-refractivity contribution >= 4 is 0 Å². The number of likely N-dealkylation sites (tertiary alicyclic amines) is 1. The predicted molar refractivity (Wildman–Crippen MR) is 116 cm³/mol. The Labute approximate surface area is 180 Å². The van der Waals surface area contributed by atoms with Gasteiger partial charge in [-0.15, -0.1) is 0 Å². The summed E-state index contributed by atoms with van der Waals surface area (Å²) in [7, 11) is 0. The van der Waals surface area contributed by atoms with Crippen molar-refractivity contribution in [1.82, 2.24) is 4.90 Å². The van der Waals surface area contributed by atoms with Crippen molar-refractivity contribution < 1.29 is 18.6 Å². The van der Waals surface area contributed by atoms with Gasteiger partial charge in [-0.2, -0.15) is 0 Å². The van der Waals surface area contributed by atoms with E-state index in [1.807, 2.05) is 0 Å². The summed E-state index contributed by atoms with van der Waals surface area (Å²) >= 11 is 0. The Morgan fingerprint density at radius 2 is 2.00 bits per heavy atom. The fourth-order valence-corrected chi connectivity index (χ4v) is 6.63. The second-order valence-corrected chi connectivity index (χ2v) is 10.4. The number of rotatable bonds is 7. The molecule has 1 heterocycles. The highest BCUT2D eigenvalue weighted by Crippen LogP contribution is 2.58. The van der Waals surface area contributed by atoms with Crippen LogP contribution in [-0.4, -0.2) is 54.9 Å². The molecular weight excluding hydrogens is 384 g/mol. The number of aliphatic hydroxyl groups is 1. The molecule has 0 bridgehead atoms. The van der Waals surface area contributed by atoms with Gasteiger partial charge in [0.25, 0.3) is 6.43 Å². The largest absolute Gasteiger partial charge is 0.393 e. The van der Waals surface area contributed by atoms with Crippen LogP contribution in [0.3, 0.4) is 0 Å². The third-order valence-electron chi connectivity index (χ3n) is 8.40. The minimum absolute atomic E-state index is 0.00136. The number of halogens is 2. The van der Waals surface area contributed by atoms with E-state index >= 15 is 0 Å². The van der Waals surface area contributed by atoms with Crippen LogP contribution in [-0.2, 0) is 4.74 Å². The third-order valence-corrected chi connectivity index (χ3v) is 8.40. The standard InChI is InChI=1S/C25H39F2NO2/c1-25-12-3-5-19(8-7-18-4-2-6-21(29)14-18)23(25)10-9-20(25)11-13-28-15-22(16-28)30-17-24(26)27/h7-8,20-24,29H,2-6,9-17H2,1H3/b18-7-,19-8+/t20-,21+,23?,25-/m1/s1. The monoisotopic (exact) mass is 423 g/mol. The summed E-state index contributed by atoms with van der Waals surface area (Å²) in [5, 5.41) is 9.94. The van der Waals surface area contributed by atoms with Crippen LogP contribution in [0.1, 0.15) is 71.1 Å². The molecular formula is C25H39F2NO2. The Morgan fingerprint density at radius 3 is 2.77 bits per heavy atom. The number of alkyl halides is 2. The van der Waals surface area contributed by atoms with Gasteiger partial charge in [0.05, 0.1) is 12.2 Å². The van der Waals surface area contributed by atoms with E-state index in [2.05, 4.69) is 24.0 Å². The molecule has 0 amide bonds. The normalized spacial score (nSPS) is 38.4. The third kappa shape index (κ3) is 5.16. The number of aliphatic hydroxyl groups excluding tert-OH is 1. The average molecular weight is 424 g/mol. The molecule has 1 unspecified atom stereocenters. The average Bonchev–Trinajstić information content (AvgIpc) is 3.01. The van der Waals surface area contributed by atoms with Crippen molar-refractivity contribution in [1.29, 1.82) is 0 Å². The van der Waals surface area contributed by atoms with Gasteiger partial charge in [0.1, 0.15) is 6.61 Å². The molecule has 1 aliphatic heterocycles. The Kier molecular flexibility index (Phi) is 7.31. The van der Waals surface area contributed by atoms with Crippen LogP contribution < -0.4 is 0 Å². The lowest BCUT2D eigenvalue weighted by Gasteiger charge is -2.44. The van der Waals surface area contributed by atoms with Crippen molar-refractivity contribution in [3.05, 3.63) is 23.3 Å². The molecule has 3 nitrogen and oxygen atoms in total. The van der Waals surface area contributed by atoms with Crippen molar-refractivity contribution in [2.75, 3.05) is 26.2 Å². The molecule has 4 rings (SSSR count). The maximum atomic E-state index is 12.3. The number of ether oxygens (including phenoxy) is 1. The van der Waals surface area contributed by atoms with Crippen molar-refractivity contribution in [3.63, 3.8) is 0 Å². The first kappa shape index (κ1) is 22.4. The van der Waals surface area contributed by atoms with Crippen LogP contribution in [0, 0.1) is 17.3 Å². The number of fused-ring (bicyclic) bond motifs is 1. The lowest BCUT2D eigenvalue weighted by molar-refractivity contribution is -0.0897. The zero-order chi connectivity index (χ0) is 21.1. The van der Waals surface area contributed by atoms with Gasteiger partial charge >= 0.3 is 0 Å². The maximum Gasteiger partial charge on any atom is 0.261 e. The molecule has 0 spiro atoms. The van der Waals surface area contributed by atoms with E-state index in [1.54, 1.807) is 5.57 Å². The van der Waals surface area contributed by atoms with E-state index in [0.717, 1.165) is 51.2 Å².